The van der Waals surface area contributed by atoms with Crippen molar-refractivity contribution in [2.45, 2.75) is 45.1 Å². The summed E-state index contributed by atoms with van der Waals surface area (Å²) in [5.41, 5.74) is -0.866. The Hall–Kier alpha value is -2.12. The van der Waals surface area contributed by atoms with Gasteiger partial charge in [0.25, 0.3) is 5.91 Å². The highest BCUT2D eigenvalue weighted by atomic mass is 16.2. The summed E-state index contributed by atoms with van der Waals surface area (Å²) in [5, 5.41) is 7.23. The van der Waals surface area contributed by atoms with Crippen LogP contribution < -0.4 is 16.0 Å². The van der Waals surface area contributed by atoms with E-state index in [1.54, 1.807) is 6.92 Å². The molecule has 3 N–H and O–H groups in total. The second-order valence-electron chi connectivity index (χ2n) is 5.99. The van der Waals surface area contributed by atoms with Crippen LogP contribution in [0.1, 0.15) is 39.5 Å². The van der Waals surface area contributed by atoms with Crippen LogP contribution in [0.25, 0.3) is 0 Å². The zero-order chi connectivity index (χ0) is 16.3. The second-order valence-corrected chi connectivity index (χ2v) is 5.99. The molecular weight excluding hydrogens is 288 g/mol. The molecular formula is C14H22N4O4. The summed E-state index contributed by atoms with van der Waals surface area (Å²) in [4.78, 5) is 48.4. The van der Waals surface area contributed by atoms with Crippen molar-refractivity contribution in [2.75, 3.05) is 13.1 Å². The van der Waals surface area contributed by atoms with Crippen LogP contribution in [0.4, 0.5) is 9.59 Å². The third-order valence-corrected chi connectivity index (χ3v) is 4.27. The van der Waals surface area contributed by atoms with Crippen LogP contribution in [0.5, 0.6) is 0 Å². The van der Waals surface area contributed by atoms with Gasteiger partial charge >= 0.3 is 12.1 Å². The predicted octanol–water partition coefficient (Wildman–Crippen LogP) is 0.333. The molecule has 1 aliphatic carbocycles. The van der Waals surface area contributed by atoms with Gasteiger partial charge in [0.05, 0.1) is 0 Å². The second kappa shape index (κ2) is 6.33. The van der Waals surface area contributed by atoms with Crippen molar-refractivity contribution in [2.24, 2.45) is 5.92 Å². The van der Waals surface area contributed by atoms with E-state index in [0.29, 0.717) is 25.3 Å². The highest BCUT2D eigenvalue weighted by molar-refractivity contribution is 6.10. The number of hydrogen-bond acceptors (Lipinski definition) is 4. The number of nitrogens with zero attached hydrogens (tertiary/aromatic N) is 1. The lowest BCUT2D eigenvalue weighted by atomic mass is 9.77. The highest BCUT2D eigenvalue weighted by Gasteiger charge is 2.52. The van der Waals surface area contributed by atoms with Crippen LogP contribution >= 0.6 is 0 Å². The molecule has 0 aromatic carbocycles. The van der Waals surface area contributed by atoms with Gasteiger partial charge in [0.15, 0.2) is 0 Å². The minimum Gasteiger partial charge on any atom is -0.338 e. The van der Waals surface area contributed by atoms with E-state index in [1.807, 2.05) is 0 Å². The Bertz CT molecular complexity index is 497. The van der Waals surface area contributed by atoms with E-state index in [9.17, 15) is 19.2 Å². The molecule has 0 unspecified atom stereocenters. The zero-order valence-corrected chi connectivity index (χ0v) is 12.9. The number of amides is 6. The van der Waals surface area contributed by atoms with Crippen molar-refractivity contribution in [3.05, 3.63) is 0 Å². The van der Waals surface area contributed by atoms with Gasteiger partial charge in [-0.3, -0.25) is 19.8 Å². The highest BCUT2D eigenvalue weighted by Crippen LogP contribution is 2.36. The van der Waals surface area contributed by atoms with Gasteiger partial charge in [0.2, 0.25) is 5.91 Å². The van der Waals surface area contributed by atoms with Crippen LogP contribution in [0.3, 0.4) is 0 Å². The van der Waals surface area contributed by atoms with E-state index in [1.165, 1.54) is 0 Å². The third kappa shape index (κ3) is 3.20. The van der Waals surface area contributed by atoms with E-state index < -0.39 is 30.1 Å². The Labute approximate surface area is 129 Å². The molecule has 6 amide bonds. The number of carbonyl (C=O) groups excluding carboxylic acids is 4. The lowest BCUT2D eigenvalue weighted by Gasteiger charge is -2.33. The van der Waals surface area contributed by atoms with Gasteiger partial charge in [-0.25, -0.2) is 9.59 Å². The normalized spacial score (nSPS) is 27.7. The first-order valence-electron chi connectivity index (χ1n) is 7.60. The molecule has 1 saturated carbocycles. The molecule has 0 atom stereocenters. The number of carbonyl (C=O) groups is 4. The summed E-state index contributed by atoms with van der Waals surface area (Å²) in [6.07, 6.45) is 2.91. The summed E-state index contributed by atoms with van der Waals surface area (Å²) in [6, 6.07) is -1.20. The fourth-order valence-corrected chi connectivity index (χ4v) is 2.93. The summed E-state index contributed by atoms with van der Waals surface area (Å²) in [5.74, 6) is -0.517. The monoisotopic (exact) mass is 310 g/mol. The molecule has 1 aliphatic heterocycles. The van der Waals surface area contributed by atoms with Gasteiger partial charge in [0, 0.05) is 6.54 Å². The van der Waals surface area contributed by atoms with Gasteiger partial charge in [-0.1, -0.05) is 6.92 Å². The van der Waals surface area contributed by atoms with Crippen molar-refractivity contribution in [3.8, 4) is 0 Å². The van der Waals surface area contributed by atoms with Crippen LogP contribution in [-0.4, -0.2) is 47.4 Å². The maximum atomic E-state index is 12.5. The Morgan fingerprint density at radius 2 is 1.95 bits per heavy atom. The fourth-order valence-electron chi connectivity index (χ4n) is 2.93. The molecule has 8 nitrogen and oxygen atoms in total. The maximum Gasteiger partial charge on any atom is 0.325 e. The van der Waals surface area contributed by atoms with Crippen molar-refractivity contribution >= 4 is 23.9 Å². The minimum absolute atomic E-state index is 0.365. The first-order chi connectivity index (χ1) is 10.4. The Balaban J connectivity index is 1.97. The lowest BCUT2D eigenvalue weighted by molar-refractivity contribution is -0.135. The molecule has 1 spiro atoms. The first-order valence-corrected chi connectivity index (χ1v) is 7.60. The van der Waals surface area contributed by atoms with Crippen LogP contribution in [0.2, 0.25) is 0 Å². The molecule has 8 heteroatoms. The summed E-state index contributed by atoms with van der Waals surface area (Å²) < 4.78 is 0. The maximum absolute atomic E-state index is 12.5. The molecule has 122 valence electrons. The molecule has 2 rings (SSSR count). The Morgan fingerprint density at radius 3 is 2.55 bits per heavy atom. The largest absolute Gasteiger partial charge is 0.338 e. The van der Waals surface area contributed by atoms with Crippen molar-refractivity contribution < 1.29 is 19.2 Å². The molecule has 0 aromatic heterocycles. The first kappa shape index (κ1) is 16.3. The zero-order valence-electron chi connectivity index (χ0n) is 12.9. The van der Waals surface area contributed by atoms with Gasteiger partial charge in [0.1, 0.15) is 12.1 Å². The topological polar surface area (TPSA) is 108 Å². The van der Waals surface area contributed by atoms with Gasteiger partial charge in [-0.2, -0.15) is 0 Å². The number of nitrogens with one attached hydrogen (secondary N) is 3. The Morgan fingerprint density at radius 1 is 1.32 bits per heavy atom. The standard InChI is InChI=1S/C14H22N4O4/c1-3-15-12(21)16-10(19)8-18-11(20)14(17-13(18)22)6-4-9(2)5-7-14/h9H,3-8H2,1-2H3,(H,17,22)(H2,15,16,19,21). The van der Waals surface area contributed by atoms with Crippen molar-refractivity contribution in [1.82, 2.24) is 20.9 Å². The Kier molecular flexibility index (Phi) is 4.68. The molecule has 0 bridgehead atoms. The number of urea groups is 2. The van der Waals surface area contributed by atoms with E-state index >= 15 is 0 Å². The van der Waals surface area contributed by atoms with Gasteiger partial charge in [-0.05, 0) is 38.5 Å². The molecule has 22 heavy (non-hydrogen) atoms. The van der Waals surface area contributed by atoms with Gasteiger partial charge < -0.3 is 10.6 Å². The molecule has 1 heterocycles. The molecule has 0 radical (unpaired) electrons. The molecule has 2 aliphatic rings. The summed E-state index contributed by atoms with van der Waals surface area (Å²) >= 11 is 0. The van der Waals surface area contributed by atoms with E-state index in [4.69, 9.17) is 0 Å². The summed E-state index contributed by atoms with van der Waals surface area (Å²) in [6.45, 7) is 3.77. The van der Waals surface area contributed by atoms with E-state index in [-0.39, 0.29) is 5.91 Å². The molecule has 2 fully saturated rings. The van der Waals surface area contributed by atoms with E-state index in [2.05, 4.69) is 22.9 Å². The predicted molar refractivity (Wildman–Crippen MR) is 77.8 cm³/mol. The van der Waals surface area contributed by atoms with Crippen LogP contribution in [0, 0.1) is 5.92 Å². The quantitative estimate of drug-likeness (QED) is 0.653. The average molecular weight is 310 g/mol. The summed E-state index contributed by atoms with van der Waals surface area (Å²) in [7, 11) is 0. The van der Waals surface area contributed by atoms with Crippen LogP contribution in [-0.2, 0) is 9.59 Å². The SMILES string of the molecule is CCNC(=O)NC(=O)CN1C(=O)NC2(CCC(C)CC2)C1=O. The van der Waals surface area contributed by atoms with Crippen LogP contribution in [0.15, 0.2) is 0 Å². The molecule has 1 saturated heterocycles. The number of rotatable bonds is 3. The minimum atomic E-state index is -0.866. The van der Waals surface area contributed by atoms with Gasteiger partial charge in [-0.15, -0.1) is 0 Å². The van der Waals surface area contributed by atoms with Crippen molar-refractivity contribution in [3.63, 3.8) is 0 Å². The fraction of sp³-hybridized carbons (Fsp3) is 0.714. The lowest BCUT2D eigenvalue weighted by Crippen LogP contribution is -2.50. The van der Waals surface area contributed by atoms with Crippen molar-refractivity contribution in [1.29, 1.82) is 0 Å². The smallest absolute Gasteiger partial charge is 0.325 e. The van der Waals surface area contributed by atoms with E-state index in [0.717, 1.165) is 17.7 Å². The average Bonchev–Trinajstić information content (AvgIpc) is 2.67. The number of imide groups is 2. The number of hydrogen-bond donors (Lipinski definition) is 3. The third-order valence-electron chi connectivity index (χ3n) is 4.27. The molecule has 0 aromatic rings.